The molecule has 2 atom stereocenters. The maximum atomic E-state index is 11.8. The minimum atomic E-state index is -0.0533. The van der Waals surface area contributed by atoms with Gasteiger partial charge < -0.3 is 10.6 Å². The molecule has 2 unspecified atom stereocenters. The first-order valence-electron chi connectivity index (χ1n) is 6.70. The summed E-state index contributed by atoms with van der Waals surface area (Å²) in [6.07, 6.45) is 7.23. The quantitative estimate of drug-likeness (QED) is 0.729. The van der Waals surface area contributed by atoms with Crippen LogP contribution in [0, 0.1) is 0 Å². The van der Waals surface area contributed by atoms with E-state index >= 15 is 0 Å². The molecule has 0 aromatic heterocycles. The molecule has 0 spiro atoms. The highest BCUT2D eigenvalue weighted by Gasteiger charge is 2.21. The number of hydrogen-bond donors (Lipinski definition) is 2. The van der Waals surface area contributed by atoms with Gasteiger partial charge in [-0.05, 0) is 33.1 Å². The minimum Gasteiger partial charge on any atom is -0.352 e. The van der Waals surface area contributed by atoms with Gasteiger partial charge in [0, 0.05) is 12.1 Å². The summed E-state index contributed by atoms with van der Waals surface area (Å²) in [4.78, 5) is 11.8. The lowest BCUT2D eigenvalue weighted by Crippen LogP contribution is -2.48. The molecule has 0 aliphatic heterocycles. The van der Waals surface area contributed by atoms with E-state index in [-0.39, 0.29) is 11.9 Å². The average molecular weight is 226 g/mol. The van der Waals surface area contributed by atoms with Crippen LogP contribution in [0.25, 0.3) is 0 Å². The molecular formula is C13H26N2O. The van der Waals surface area contributed by atoms with Crippen molar-refractivity contribution in [3.05, 3.63) is 0 Å². The van der Waals surface area contributed by atoms with Crippen molar-refractivity contribution < 1.29 is 4.79 Å². The van der Waals surface area contributed by atoms with Crippen LogP contribution in [0.15, 0.2) is 0 Å². The fourth-order valence-electron chi connectivity index (χ4n) is 2.39. The number of carbonyl (C=O) groups excluding carboxylic acids is 1. The van der Waals surface area contributed by atoms with Gasteiger partial charge in [-0.15, -0.1) is 0 Å². The Kier molecular flexibility index (Phi) is 5.81. The second kappa shape index (κ2) is 6.89. The normalized spacial score (nSPS) is 20.7. The second-order valence-corrected chi connectivity index (χ2v) is 5.07. The highest BCUT2D eigenvalue weighted by molar-refractivity contribution is 5.81. The maximum Gasteiger partial charge on any atom is 0.237 e. The SMILES string of the molecule is CCCC(C)NC(=O)C(C)NC1CCCC1. The zero-order valence-corrected chi connectivity index (χ0v) is 10.9. The molecule has 0 heterocycles. The van der Waals surface area contributed by atoms with Crippen molar-refractivity contribution in [2.45, 2.75) is 77.4 Å². The van der Waals surface area contributed by atoms with Crippen molar-refractivity contribution in [1.82, 2.24) is 10.6 Å². The maximum absolute atomic E-state index is 11.8. The summed E-state index contributed by atoms with van der Waals surface area (Å²) >= 11 is 0. The zero-order chi connectivity index (χ0) is 12.0. The topological polar surface area (TPSA) is 41.1 Å². The molecule has 3 nitrogen and oxygen atoms in total. The van der Waals surface area contributed by atoms with E-state index < -0.39 is 0 Å². The van der Waals surface area contributed by atoms with Gasteiger partial charge in [-0.2, -0.15) is 0 Å². The molecule has 2 N–H and O–H groups in total. The summed E-state index contributed by atoms with van der Waals surface area (Å²) < 4.78 is 0. The Hall–Kier alpha value is -0.570. The first kappa shape index (κ1) is 13.5. The Labute approximate surface area is 99.4 Å². The van der Waals surface area contributed by atoms with Crippen LogP contribution < -0.4 is 10.6 Å². The molecule has 1 rings (SSSR count). The lowest BCUT2D eigenvalue weighted by molar-refractivity contribution is -0.123. The third kappa shape index (κ3) is 4.52. The lowest BCUT2D eigenvalue weighted by atomic mass is 10.1. The van der Waals surface area contributed by atoms with Gasteiger partial charge in [0.2, 0.25) is 5.91 Å². The number of hydrogen-bond acceptors (Lipinski definition) is 2. The van der Waals surface area contributed by atoms with Crippen LogP contribution >= 0.6 is 0 Å². The highest BCUT2D eigenvalue weighted by Crippen LogP contribution is 2.18. The van der Waals surface area contributed by atoms with Crippen molar-refractivity contribution in [2.24, 2.45) is 0 Å². The fraction of sp³-hybridized carbons (Fsp3) is 0.923. The molecule has 1 amide bonds. The van der Waals surface area contributed by atoms with E-state index in [2.05, 4.69) is 24.5 Å². The van der Waals surface area contributed by atoms with Crippen LogP contribution in [0.5, 0.6) is 0 Å². The minimum absolute atomic E-state index is 0.0533. The second-order valence-electron chi connectivity index (χ2n) is 5.07. The third-order valence-corrected chi connectivity index (χ3v) is 3.34. The van der Waals surface area contributed by atoms with Gasteiger partial charge in [-0.1, -0.05) is 26.2 Å². The highest BCUT2D eigenvalue weighted by atomic mass is 16.2. The van der Waals surface area contributed by atoms with E-state index in [0.717, 1.165) is 12.8 Å². The van der Waals surface area contributed by atoms with Crippen molar-refractivity contribution in [1.29, 1.82) is 0 Å². The van der Waals surface area contributed by atoms with E-state index in [0.29, 0.717) is 12.1 Å². The molecule has 0 aromatic carbocycles. The van der Waals surface area contributed by atoms with Crippen LogP contribution in [0.3, 0.4) is 0 Å². The number of carbonyl (C=O) groups is 1. The third-order valence-electron chi connectivity index (χ3n) is 3.34. The van der Waals surface area contributed by atoms with Gasteiger partial charge in [-0.3, -0.25) is 4.79 Å². The molecule has 0 aromatic rings. The summed E-state index contributed by atoms with van der Waals surface area (Å²) in [5, 5.41) is 6.47. The Morgan fingerprint density at radius 1 is 1.31 bits per heavy atom. The van der Waals surface area contributed by atoms with Crippen LogP contribution in [0.4, 0.5) is 0 Å². The van der Waals surface area contributed by atoms with Crippen molar-refractivity contribution >= 4 is 5.91 Å². The van der Waals surface area contributed by atoms with E-state index in [1.807, 2.05) is 6.92 Å². The summed E-state index contributed by atoms with van der Waals surface area (Å²) in [5.41, 5.74) is 0. The van der Waals surface area contributed by atoms with E-state index in [9.17, 15) is 4.79 Å². The van der Waals surface area contributed by atoms with E-state index in [1.54, 1.807) is 0 Å². The van der Waals surface area contributed by atoms with Crippen LogP contribution in [-0.4, -0.2) is 24.0 Å². The zero-order valence-electron chi connectivity index (χ0n) is 10.9. The predicted molar refractivity (Wildman–Crippen MR) is 67.4 cm³/mol. The van der Waals surface area contributed by atoms with Gasteiger partial charge in [0.15, 0.2) is 0 Å². The fourth-order valence-corrected chi connectivity index (χ4v) is 2.39. The Morgan fingerprint density at radius 2 is 1.94 bits per heavy atom. The van der Waals surface area contributed by atoms with Crippen molar-refractivity contribution in [3.63, 3.8) is 0 Å². The molecule has 1 aliphatic carbocycles. The van der Waals surface area contributed by atoms with Crippen molar-refractivity contribution in [2.75, 3.05) is 0 Å². The summed E-state index contributed by atoms with van der Waals surface area (Å²) in [5.74, 6) is 0.146. The van der Waals surface area contributed by atoms with Crippen LogP contribution in [0.1, 0.15) is 59.3 Å². The first-order valence-corrected chi connectivity index (χ1v) is 6.70. The summed E-state index contributed by atoms with van der Waals surface area (Å²) in [6, 6.07) is 0.801. The van der Waals surface area contributed by atoms with Gasteiger partial charge in [0.1, 0.15) is 0 Å². The molecule has 16 heavy (non-hydrogen) atoms. The molecule has 0 saturated heterocycles. The standard InChI is InChI=1S/C13H26N2O/c1-4-7-10(2)14-13(16)11(3)15-12-8-5-6-9-12/h10-12,15H,4-9H2,1-3H3,(H,14,16). The van der Waals surface area contributed by atoms with E-state index in [4.69, 9.17) is 0 Å². The predicted octanol–water partition coefficient (Wildman–Crippen LogP) is 2.21. The van der Waals surface area contributed by atoms with Gasteiger partial charge in [0.25, 0.3) is 0 Å². The summed E-state index contributed by atoms with van der Waals surface area (Å²) in [6.45, 7) is 6.18. The first-order chi connectivity index (χ1) is 7.63. The van der Waals surface area contributed by atoms with Gasteiger partial charge in [-0.25, -0.2) is 0 Å². The Morgan fingerprint density at radius 3 is 2.50 bits per heavy atom. The number of rotatable bonds is 6. The van der Waals surface area contributed by atoms with Crippen LogP contribution in [-0.2, 0) is 4.79 Å². The van der Waals surface area contributed by atoms with Gasteiger partial charge >= 0.3 is 0 Å². The molecule has 0 radical (unpaired) electrons. The Bertz CT molecular complexity index is 212. The Balaban J connectivity index is 2.23. The smallest absolute Gasteiger partial charge is 0.237 e. The largest absolute Gasteiger partial charge is 0.352 e. The summed E-state index contributed by atoms with van der Waals surface area (Å²) in [7, 11) is 0. The molecule has 1 saturated carbocycles. The number of amides is 1. The van der Waals surface area contributed by atoms with Crippen molar-refractivity contribution in [3.8, 4) is 0 Å². The van der Waals surface area contributed by atoms with Gasteiger partial charge in [0.05, 0.1) is 6.04 Å². The molecule has 3 heteroatoms. The number of nitrogens with one attached hydrogen (secondary N) is 2. The molecular weight excluding hydrogens is 200 g/mol. The molecule has 1 aliphatic rings. The lowest BCUT2D eigenvalue weighted by Gasteiger charge is -2.21. The molecule has 0 bridgehead atoms. The van der Waals surface area contributed by atoms with E-state index in [1.165, 1.54) is 25.7 Å². The monoisotopic (exact) mass is 226 g/mol. The van der Waals surface area contributed by atoms with Crippen LogP contribution in [0.2, 0.25) is 0 Å². The molecule has 1 fully saturated rings. The molecule has 94 valence electrons. The average Bonchev–Trinajstić information content (AvgIpc) is 2.70.